The van der Waals surface area contributed by atoms with Gasteiger partial charge in [-0.25, -0.2) is 0 Å². The molecule has 0 radical (unpaired) electrons. The molecule has 1 aliphatic carbocycles. The van der Waals surface area contributed by atoms with Crippen LogP contribution in [0.4, 0.5) is 0 Å². The fourth-order valence-corrected chi connectivity index (χ4v) is 4.01. The first-order chi connectivity index (χ1) is 9.17. The maximum atomic E-state index is 3.67. The molecule has 1 nitrogen and oxygen atoms in total. The highest BCUT2D eigenvalue weighted by Gasteiger charge is 2.30. The van der Waals surface area contributed by atoms with Crippen LogP contribution in [0, 0.1) is 18.8 Å². The van der Waals surface area contributed by atoms with Crippen LogP contribution in [0.2, 0.25) is 0 Å². The first-order valence-electron chi connectivity index (χ1n) is 7.60. The van der Waals surface area contributed by atoms with Crippen LogP contribution in [-0.4, -0.2) is 7.05 Å². The van der Waals surface area contributed by atoms with Crippen LogP contribution >= 0.6 is 15.9 Å². The zero-order chi connectivity index (χ0) is 13.8. The van der Waals surface area contributed by atoms with Crippen molar-refractivity contribution in [2.45, 2.75) is 52.0 Å². The molecule has 0 amide bonds. The largest absolute Gasteiger partial charge is 0.313 e. The fraction of sp³-hybridized carbons (Fsp3) is 0.647. The molecule has 0 aliphatic heterocycles. The Morgan fingerprint density at radius 2 is 2.05 bits per heavy atom. The molecule has 1 saturated carbocycles. The van der Waals surface area contributed by atoms with E-state index in [1.54, 1.807) is 0 Å². The lowest BCUT2D eigenvalue weighted by Crippen LogP contribution is -2.32. The lowest BCUT2D eigenvalue weighted by atomic mass is 9.72. The minimum Gasteiger partial charge on any atom is -0.313 e. The van der Waals surface area contributed by atoms with E-state index in [2.05, 4.69) is 60.3 Å². The van der Waals surface area contributed by atoms with Crippen LogP contribution in [0.5, 0.6) is 0 Å². The third-order valence-electron chi connectivity index (χ3n) is 4.79. The molecule has 19 heavy (non-hydrogen) atoms. The number of nitrogens with one attached hydrogen (secondary N) is 1. The SMILES string of the molecule is CCC1CCCCC1C(NC)c1ccc(C)c(Br)c1. The minimum absolute atomic E-state index is 0.502. The second-order valence-electron chi connectivity index (χ2n) is 5.89. The Labute approximate surface area is 126 Å². The zero-order valence-electron chi connectivity index (χ0n) is 12.4. The van der Waals surface area contributed by atoms with E-state index < -0.39 is 0 Å². The summed E-state index contributed by atoms with van der Waals surface area (Å²) in [6.45, 7) is 4.50. The summed E-state index contributed by atoms with van der Waals surface area (Å²) in [5.74, 6) is 1.67. The first kappa shape index (κ1) is 15.1. The van der Waals surface area contributed by atoms with Crippen LogP contribution in [0.1, 0.15) is 56.2 Å². The maximum absolute atomic E-state index is 3.67. The number of aryl methyl sites for hydroxylation is 1. The van der Waals surface area contributed by atoms with Crippen molar-refractivity contribution in [1.82, 2.24) is 5.32 Å². The van der Waals surface area contributed by atoms with E-state index >= 15 is 0 Å². The van der Waals surface area contributed by atoms with Gasteiger partial charge in [-0.1, -0.05) is 60.7 Å². The number of halogens is 1. The molecule has 1 aromatic carbocycles. The second kappa shape index (κ2) is 6.90. The molecule has 2 heteroatoms. The fourth-order valence-electron chi connectivity index (χ4n) is 3.61. The van der Waals surface area contributed by atoms with Gasteiger partial charge in [-0.2, -0.15) is 0 Å². The molecule has 0 heterocycles. The van der Waals surface area contributed by atoms with Crippen molar-refractivity contribution >= 4 is 15.9 Å². The highest BCUT2D eigenvalue weighted by Crippen LogP contribution is 2.40. The van der Waals surface area contributed by atoms with Gasteiger partial charge in [0.2, 0.25) is 0 Å². The molecule has 1 N–H and O–H groups in total. The Hall–Kier alpha value is -0.340. The summed E-state index contributed by atoms with van der Waals surface area (Å²) < 4.78 is 1.23. The third kappa shape index (κ3) is 3.41. The Kier molecular flexibility index (Phi) is 5.47. The number of hydrogen-bond acceptors (Lipinski definition) is 1. The molecule has 0 saturated heterocycles. The summed E-state index contributed by atoms with van der Waals surface area (Å²) in [6.07, 6.45) is 6.91. The standard InChI is InChI=1S/C17H26BrN/c1-4-13-7-5-6-8-15(13)17(19-3)14-10-9-12(2)16(18)11-14/h9-11,13,15,17,19H,4-8H2,1-3H3. The third-order valence-corrected chi connectivity index (χ3v) is 5.64. The lowest BCUT2D eigenvalue weighted by molar-refractivity contribution is 0.180. The molecule has 3 unspecified atom stereocenters. The average molecular weight is 324 g/mol. The molecule has 2 rings (SSSR count). The quantitative estimate of drug-likeness (QED) is 0.799. The van der Waals surface area contributed by atoms with Gasteiger partial charge in [0, 0.05) is 10.5 Å². The molecule has 0 aromatic heterocycles. The normalized spacial score (nSPS) is 25.3. The number of benzene rings is 1. The minimum atomic E-state index is 0.502. The van der Waals surface area contributed by atoms with Gasteiger partial charge in [-0.15, -0.1) is 0 Å². The van der Waals surface area contributed by atoms with Gasteiger partial charge in [0.25, 0.3) is 0 Å². The smallest absolute Gasteiger partial charge is 0.0349 e. The van der Waals surface area contributed by atoms with Crippen LogP contribution in [0.3, 0.4) is 0 Å². The van der Waals surface area contributed by atoms with E-state index in [-0.39, 0.29) is 0 Å². The van der Waals surface area contributed by atoms with Crippen molar-refractivity contribution in [3.05, 3.63) is 33.8 Å². The Balaban J connectivity index is 2.24. The van der Waals surface area contributed by atoms with E-state index in [0.717, 1.165) is 11.8 Å². The van der Waals surface area contributed by atoms with E-state index in [1.807, 2.05) is 0 Å². The summed E-state index contributed by atoms with van der Waals surface area (Å²) in [6, 6.07) is 7.33. The average Bonchev–Trinajstić information content (AvgIpc) is 2.44. The highest BCUT2D eigenvalue weighted by atomic mass is 79.9. The van der Waals surface area contributed by atoms with Crippen molar-refractivity contribution in [2.75, 3.05) is 7.05 Å². The molecule has 106 valence electrons. The summed E-state index contributed by atoms with van der Waals surface area (Å²) in [7, 11) is 2.11. The summed E-state index contributed by atoms with van der Waals surface area (Å²) in [4.78, 5) is 0. The predicted octanol–water partition coefficient (Wildman–Crippen LogP) is 5.23. The number of rotatable bonds is 4. The second-order valence-corrected chi connectivity index (χ2v) is 6.75. The molecular weight excluding hydrogens is 298 g/mol. The van der Waals surface area contributed by atoms with Crippen LogP contribution in [0.15, 0.2) is 22.7 Å². The van der Waals surface area contributed by atoms with Crippen molar-refractivity contribution in [2.24, 2.45) is 11.8 Å². The van der Waals surface area contributed by atoms with Crippen molar-refractivity contribution in [3.8, 4) is 0 Å². The van der Waals surface area contributed by atoms with Crippen molar-refractivity contribution in [3.63, 3.8) is 0 Å². The van der Waals surface area contributed by atoms with Gasteiger partial charge < -0.3 is 5.32 Å². The van der Waals surface area contributed by atoms with E-state index in [1.165, 1.54) is 47.7 Å². The lowest BCUT2D eigenvalue weighted by Gasteiger charge is -2.37. The van der Waals surface area contributed by atoms with Crippen molar-refractivity contribution < 1.29 is 0 Å². The van der Waals surface area contributed by atoms with E-state index in [9.17, 15) is 0 Å². The van der Waals surface area contributed by atoms with E-state index in [0.29, 0.717) is 6.04 Å². The van der Waals surface area contributed by atoms with Gasteiger partial charge in [0.05, 0.1) is 0 Å². The van der Waals surface area contributed by atoms with Crippen LogP contribution in [0.25, 0.3) is 0 Å². The summed E-state index contributed by atoms with van der Waals surface area (Å²) in [5, 5.41) is 3.58. The Bertz CT molecular complexity index is 416. The molecule has 0 bridgehead atoms. The molecule has 1 fully saturated rings. The first-order valence-corrected chi connectivity index (χ1v) is 8.40. The van der Waals surface area contributed by atoms with Gasteiger partial charge in [-0.05, 0) is 49.4 Å². The highest BCUT2D eigenvalue weighted by molar-refractivity contribution is 9.10. The monoisotopic (exact) mass is 323 g/mol. The zero-order valence-corrected chi connectivity index (χ0v) is 14.0. The van der Waals surface area contributed by atoms with Gasteiger partial charge in [0.1, 0.15) is 0 Å². The molecule has 1 aliphatic rings. The molecule has 3 atom stereocenters. The Morgan fingerprint density at radius 1 is 1.32 bits per heavy atom. The van der Waals surface area contributed by atoms with Crippen LogP contribution in [-0.2, 0) is 0 Å². The van der Waals surface area contributed by atoms with Gasteiger partial charge in [0.15, 0.2) is 0 Å². The topological polar surface area (TPSA) is 12.0 Å². The van der Waals surface area contributed by atoms with Gasteiger partial charge in [-0.3, -0.25) is 0 Å². The summed E-state index contributed by atoms with van der Waals surface area (Å²) in [5.41, 5.74) is 2.75. The Morgan fingerprint density at radius 3 is 2.68 bits per heavy atom. The van der Waals surface area contributed by atoms with Gasteiger partial charge >= 0.3 is 0 Å². The number of hydrogen-bond donors (Lipinski definition) is 1. The maximum Gasteiger partial charge on any atom is 0.0349 e. The molecule has 0 spiro atoms. The van der Waals surface area contributed by atoms with Crippen LogP contribution < -0.4 is 5.32 Å². The summed E-state index contributed by atoms with van der Waals surface area (Å²) >= 11 is 3.67. The predicted molar refractivity (Wildman–Crippen MR) is 86.4 cm³/mol. The molecule has 1 aromatic rings. The molecular formula is C17H26BrN. The van der Waals surface area contributed by atoms with Crippen molar-refractivity contribution in [1.29, 1.82) is 0 Å². The van der Waals surface area contributed by atoms with E-state index in [4.69, 9.17) is 0 Å².